The lowest BCUT2D eigenvalue weighted by Gasteiger charge is -2.18. The van der Waals surface area contributed by atoms with Crippen molar-refractivity contribution in [2.75, 3.05) is 11.9 Å². The number of carbonyl (C=O) groups is 1. The molecule has 17 heteroatoms. The maximum atomic E-state index is 12.9. The molecular weight excluding hydrogens is 592 g/mol. The number of ether oxygens (including phenoxy) is 1. The lowest BCUT2D eigenvalue weighted by molar-refractivity contribution is -0.0511. The lowest BCUT2D eigenvalue weighted by Crippen LogP contribution is -2.33. The second-order valence-electron chi connectivity index (χ2n) is 10.1. The fraction of sp³-hybridized carbons (Fsp3) is 0.400. The smallest absolute Gasteiger partial charge is 0.268 e. The van der Waals surface area contributed by atoms with Gasteiger partial charge in [0.15, 0.2) is 23.2 Å². The topological polar surface area (TPSA) is 207 Å². The van der Waals surface area contributed by atoms with Crippen molar-refractivity contribution in [1.29, 1.82) is 0 Å². The summed E-state index contributed by atoms with van der Waals surface area (Å²) in [7, 11) is -4.21. The molecular formula is C25H27ClN8O7S. The van der Waals surface area contributed by atoms with Crippen LogP contribution in [0, 0.1) is 0 Å². The van der Waals surface area contributed by atoms with Crippen LogP contribution < -0.4 is 10.0 Å². The number of halogens is 1. The average Bonchev–Trinajstić information content (AvgIpc) is 3.77. The first kappa shape index (κ1) is 28.4. The fourth-order valence-electron chi connectivity index (χ4n) is 5.09. The van der Waals surface area contributed by atoms with Crippen molar-refractivity contribution in [3.05, 3.63) is 53.6 Å². The van der Waals surface area contributed by atoms with Crippen LogP contribution in [0.1, 0.15) is 42.3 Å². The predicted octanol–water partition coefficient (Wildman–Crippen LogP) is 0.750. The lowest BCUT2D eigenvalue weighted by atomic mass is 10.1. The van der Waals surface area contributed by atoms with E-state index in [2.05, 4.69) is 25.4 Å². The first-order valence-corrected chi connectivity index (χ1v) is 15.0. The van der Waals surface area contributed by atoms with Crippen LogP contribution in [0.25, 0.3) is 17.1 Å². The highest BCUT2D eigenvalue weighted by atomic mass is 35.5. The van der Waals surface area contributed by atoms with Crippen LogP contribution in [0.5, 0.6) is 0 Å². The molecule has 2 aliphatic rings. The van der Waals surface area contributed by atoms with Crippen molar-refractivity contribution in [3.63, 3.8) is 0 Å². The third-order valence-corrected chi connectivity index (χ3v) is 8.84. The molecule has 1 amide bonds. The van der Waals surface area contributed by atoms with Gasteiger partial charge in [-0.25, -0.2) is 22.8 Å². The van der Waals surface area contributed by atoms with Crippen LogP contribution in [0.3, 0.4) is 0 Å². The number of rotatable bonds is 8. The van der Waals surface area contributed by atoms with Crippen LogP contribution in [0.2, 0.25) is 5.02 Å². The number of nitrogens with one attached hydrogen (secondary N) is 2. The van der Waals surface area contributed by atoms with E-state index in [9.17, 15) is 28.5 Å². The third-order valence-electron chi connectivity index (χ3n) is 7.28. The summed E-state index contributed by atoms with van der Waals surface area (Å²) in [5, 5.41) is 38.2. The largest absolute Gasteiger partial charge is 0.394 e. The van der Waals surface area contributed by atoms with Gasteiger partial charge in [-0.1, -0.05) is 30.5 Å². The van der Waals surface area contributed by atoms with E-state index in [0.717, 1.165) is 25.7 Å². The standard InChI is InChI=1S/C25H27ClN8O7S/c26-14-4-3-7-16(8-14)42(39,40)32-23(38)13-9-28-34(10-13)25-30-21(29-15-5-1-2-6-15)18-22(31-25)33(12-27-18)24-20(37)19(36)17(11-35)41-24/h3-4,7-10,12,15,17,19-20,24,35-37H,1-2,5-6,11H2,(H,32,38)(H,29,30,31)/t17-,19?,20?,24-/m1/s1. The van der Waals surface area contributed by atoms with Crippen LogP contribution in [0.4, 0.5) is 5.82 Å². The normalized spacial score (nSPS) is 23.0. The van der Waals surface area contributed by atoms with E-state index in [-0.39, 0.29) is 33.1 Å². The summed E-state index contributed by atoms with van der Waals surface area (Å²) in [6, 6.07) is 5.64. The molecule has 1 aliphatic heterocycles. The van der Waals surface area contributed by atoms with E-state index in [1.54, 1.807) is 0 Å². The van der Waals surface area contributed by atoms with Gasteiger partial charge in [0, 0.05) is 17.3 Å². The van der Waals surface area contributed by atoms with Crippen LogP contribution in [-0.4, -0.2) is 89.9 Å². The Morgan fingerprint density at radius 2 is 1.95 bits per heavy atom. The van der Waals surface area contributed by atoms with Gasteiger partial charge >= 0.3 is 0 Å². The Hall–Kier alpha value is -3.67. The number of aliphatic hydroxyl groups excluding tert-OH is 3. The van der Waals surface area contributed by atoms with Crippen molar-refractivity contribution in [1.82, 2.24) is 34.0 Å². The van der Waals surface area contributed by atoms with Crippen molar-refractivity contribution in [2.24, 2.45) is 0 Å². The van der Waals surface area contributed by atoms with Crippen molar-refractivity contribution >= 4 is 44.5 Å². The van der Waals surface area contributed by atoms with Gasteiger partial charge in [0.1, 0.15) is 18.3 Å². The molecule has 1 aromatic carbocycles. The Bertz CT molecular complexity index is 1740. The Morgan fingerprint density at radius 1 is 1.17 bits per heavy atom. The van der Waals surface area contributed by atoms with E-state index in [0.29, 0.717) is 11.3 Å². The molecule has 4 aromatic rings. The molecule has 4 heterocycles. The molecule has 0 bridgehead atoms. The van der Waals surface area contributed by atoms with Crippen LogP contribution >= 0.6 is 11.6 Å². The summed E-state index contributed by atoms with van der Waals surface area (Å²) in [6.07, 6.45) is 3.03. The summed E-state index contributed by atoms with van der Waals surface area (Å²) in [4.78, 5) is 26.2. The fourth-order valence-corrected chi connectivity index (χ4v) is 6.37. The van der Waals surface area contributed by atoms with Gasteiger partial charge in [-0.15, -0.1) is 0 Å². The zero-order valence-corrected chi connectivity index (χ0v) is 23.5. The van der Waals surface area contributed by atoms with E-state index < -0.39 is 47.1 Å². The number of carbonyl (C=O) groups excluding carboxylic acids is 1. The molecule has 222 valence electrons. The Morgan fingerprint density at radius 3 is 2.67 bits per heavy atom. The van der Waals surface area contributed by atoms with Crippen molar-refractivity contribution in [2.45, 2.75) is 61.2 Å². The van der Waals surface area contributed by atoms with Gasteiger partial charge in [0.25, 0.3) is 21.9 Å². The molecule has 4 atom stereocenters. The van der Waals surface area contributed by atoms with Gasteiger partial charge < -0.3 is 25.4 Å². The number of sulfonamides is 1. The molecule has 1 saturated heterocycles. The second kappa shape index (κ2) is 11.2. The quantitative estimate of drug-likeness (QED) is 0.185. The minimum absolute atomic E-state index is 0.0215. The number of nitrogens with zero attached hydrogens (tertiary/aromatic N) is 6. The molecule has 0 spiro atoms. The van der Waals surface area contributed by atoms with Gasteiger partial charge in [-0.3, -0.25) is 9.36 Å². The minimum Gasteiger partial charge on any atom is -0.394 e. The third kappa shape index (κ3) is 5.32. The number of fused-ring (bicyclic) bond motifs is 1. The van der Waals surface area contributed by atoms with Crippen LogP contribution in [0.15, 0.2) is 47.9 Å². The van der Waals surface area contributed by atoms with Gasteiger partial charge in [0.2, 0.25) is 0 Å². The molecule has 6 rings (SSSR count). The predicted molar refractivity (Wildman–Crippen MR) is 147 cm³/mol. The Balaban J connectivity index is 1.34. The monoisotopic (exact) mass is 618 g/mol. The number of aromatic nitrogens is 6. The molecule has 2 unspecified atom stereocenters. The molecule has 2 fully saturated rings. The van der Waals surface area contributed by atoms with Crippen LogP contribution in [-0.2, 0) is 14.8 Å². The Labute approximate surface area is 244 Å². The van der Waals surface area contributed by atoms with Crippen molar-refractivity contribution in [3.8, 4) is 5.95 Å². The van der Waals surface area contributed by atoms with Crippen molar-refractivity contribution < 1.29 is 33.3 Å². The summed E-state index contributed by atoms with van der Waals surface area (Å²) in [6.45, 7) is -0.499. The highest BCUT2D eigenvalue weighted by Gasteiger charge is 2.44. The number of anilines is 1. The number of aliphatic hydroxyl groups is 3. The molecule has 1 aliphatic carbocycles. The summed E-state index contributed by atoms with van der Waals surface area (Å²) in [5.74, 6) is -0.520. The summed E-state index contributed by atoms with van der Waals surface area (Å²) < 4.78 is 35.7. The Kier molecular flexibility index (Phi) is 7.59. The zero-order valence-electron chi connectivity index (χ0n) is 21.9. The zero-order chi connectivity index (χ0) is 29.6. The number of hydrogen-bond donors (Lipinski definition) is 5. The second-order valence-corrected chi connectivity index (χ2v) is 12.2. The van der Waals surface area contributed by atoms with E-state index in [4.69, 9.17) is 16.3 Å². The maximum Gasteiger partial charge on any atom is 0.268 e. The summed E-state index contributed by atoms with van der Waals surface area (Å²) >= 11 is 5.90. The van der Waals surface area contributed by atoms with E-state index >= 15 is 0 Å². The number of amides is 1. The van der Waals surface area contributed by atoms with Gasteiger partial charge in [-0.05, 0) is 31.0 Å². The molecule has 5 N–H and O–H groups in total. The molecule has 1 saturated carbocycles. The highest BCUT2D eigenvalue weighted by Crippen LogP contribution is 2.33. The number of benzene rings is 1. The molecule has 3 aromatic heterocycles. The molecule has 15 nitrogen and oxygen atoms in total. The first-order chi connectivity index (χ1) is 20.1. The van der Waals surface area contributed by atoms with Gasteiger partial charge in [0.05, 0.1) is 29.6 Å². The molecule has 42 heavy (non-hydrogen) atoms. The maximum absolute atomic E-state index is 12.9. The number of hydrogen-bond acceptors (Lipinski definition) is 12. The summed E-state index contributed by atoms with van der Waals surface area (Å²) in [5.41, 5.74) is 0.535. The highest BCUT2D eigenvalue weighted by molar-refractivity contribution is 7.90. The average molecular weight is 619 g/mol. The van der Waals surface area contributed by atoms with E-state index in [1.807, 2.05) is 4.72 Å². The minimum atomic E-state index is -4.21. The SMILES string of the molecule is O=C(NS(=O)(=O)c1cccc(Cl)c1)c1cnn(-c2nc(NC3CCCC3)c3ncn([C@@H]4O[C@H](CO)C(O)C4O)c3n2)c1. The first-order valence-electron chi connectivity index (χ1n) is 13.2. The van der Waals surface area contributed by atoms with Gasteiger partial charge in [-0.2, -0.15) is 15.1 Å². The molecule has 0 radical (unpaired) electrons. The number of imidazole rings is 1. The van der Waals surface area contributed by atoms with E-state index in [1.165, 1.54) is 52.2 Å².